The quantitative estimate of drug-likeness (QED) is 0.430. The van der Waals surface area contributed by atoms with Crippen molar-refractivity contribution in [3.63, 3.8) is 0 Å². The second kappa shape index (κ2) is 6.19. The summed E-state index contributed by atoms with van der Waals surface area (Å²) in [5, 5.41) is 1.98. The fourth-order valence-corrected chi connectivity index (χ4v) is 3.29. The van der Waals surface area contributed by atoms with Crippen molar-refractivity contribution in [1.82, 2.24) is 14.5 Å². The van der Waals surface area contributed by atoms with Gasteiger partial charge in [-0.05, 0) is 30.7 Å². The molecule has 0 aliphatic rings. The van der Waals surface area contributed by atoms with E-state index in [9.17, 15) is 0 Å². The number of fused-ring (bicyclic) bond motifs is 4. The Morgan fingerprint density at radius 1 is 1.00 bits per heavy atom. The maximum Gasteiger partial charge on any atom is 0.196 e. The molecule has 0 bridgehead atoms. The number of benzene rings is 2. The lowest BCUT2D eigenvalue weighted by Gasteiger charge is -2.10. The molecular weight excluding hydrogens is 326 g/mol. The van der Waals surface area contributed by atoms with Crippen LogP contribution in [0.15, 0.2) is 71.7 Å². The molecular formula is C21H17N3O2. The topological polar surface area (TPSA) is 53.1 Å². The van der Waals surface area contributed by atoms with Crippen LogP contribution in [-0.4, -0.2) is 21.1 Å². The molecule has 0 N–H and O–H groups in total. The number of pyridine rings is 1. The van der Waals surface area contributed by atoms with Crippen LogP contribution in [0.4, 0.5) is 0 Å². The van der Waals surface area contributed by atoms with Crippen LogP contribution in [0.2, 0.25) is 0 Å². The Hall–Kier alpha value is -3.34. The molecule has 0 unspecified atom stereocenters. The van der Waals surface area contributed by atoms with Crippen LogP contribution in [0.25, 0.3) is 33.0 Å². The normalized spacial score (nSPS) is 11.5. The van der Waals surface area contributed by atoms with E-state index in [4.69, 9.17) is 14.1 Å². The Balaban J connectivity index is 1.56. The molecule has 3 heterocycles. The Labute approximate surface area is 149 Å². The second-order valence-electron chi connectivity index (χ2n) is 6.24. The molecule has 0 fully saturated rings. The van der Waals surface area contributed by atoms with E-state index in [1.165, 1.54) is 0 Å². The molecule has 0 aliphatic heterocycles. The molecule has 5 rings (SSSR count). The third-order valence-corrected chi connectivity index (χ3v) is 4.52. The van der Waals surface area contributed by atoms with E-state index in [1.807, 2.05) is 65.6 Å². The first-order valence-corrected chi connectivity index (χ1v) is 8.69. The average molecular weight is 343 g/mol. The minimum absolute atomic E-state index is 0.596. The number of ether oxygens (including phenoxy) is 1. The van der Waals surface area contributed by atoms with Gasteiger partial charge in [-0.1, -0.05) is 24.3 Å². The van der Waals surface area contributed by atoms with Gasteiger partial charge >= 0.3 is 0 Å². The van der Waals surface area contributed by atoms with Gasteiger partial charge in [-0.25, -0.2) is 9.97 Å². The first-order valence-electron chi connectivity index (χ1n) is 8.69. The van der Waals surface area contributed by atoms with Crippen LogP contribution in [0.1, 0.15) is 6.42 Å². The first-order chi connectivity index (χ1) is 12.9. The zero-order valence-corrected chi connectivity index (χ0v) is 14.1. The number of hydrogen-bond donors (Lipinski definition) is 0. The van der Waals surface area contributed by atoms with Gasteiger partial charge in [0.25, 0.3) is 0 Å². The molecule has 128 valence electrons. The minimum atomic E-state index is 0.596. The number of nitrogens with zero attached hydrogens (tertiary/aromatic N) is 3. The molecule has 2 aromatic carbocycles. The molecule has 5 aromatic rings. The van der Waals surface area contributed by atoms with Gasteiger partial charge < -0.3 is 13.7 Å². The lowest BCUT2D eigenvalue weighted by atomic mass is 10.1. The molecule has 0 spiro atoms. The lowest BCUT2D eigenvalue weighted by Crippen LogP contribution is -2.03. The maximum absolute atomic E-state index is 6.19. The summed E-state index contributed by atoms with van der Waals surface area (Å²) in [4.78, 5) is 8.87. The highest BCUT2D eigenvalue weighted by Gasteiger charge is 2.17. The number of para-hydroxylation sites is 2. The fraction of sp³-hybridized carbons (Fsp3) is 0.143. The van der Waals surface area contributed by atoms with Crippen LogP contribution >= 0.6 is 0 Å². The van der Waals surface area contributed by atoms with Crippen LogP contribution in [0, 0.1) is 0 Å². The number of hydrogen-bond acceptors (Lipinski definition) is 4. The summed E-state index contributed by atoms with van der Waals surface area (Å²) in [5.74, 6) is 0.771. The minimum Gasteiger partial charge on any atom is -0.489 e. The van der Waals surface area contributed by atoms with Crippen molar-refractivity contribution in [1.29, 1.82) is 0 Å². The van der Waals surface area contributed by atoms with Crippen LogP contribution in [0.5, 0.6) is 5.75 Å². The molecule has 0 saturated carbocycles. The lowest BCUT2D eigenvalue weighted by molar-refractivity contribution is 0.304. The predicted octanol–water partition coefficient (Wildman–Crippen LogP) is 4.80. The number of rotatable bonds is 5. The van der Waals surface area contributed by atoms with E-state index >= 15 is 0 Å². The zero-order chi connectivity index (χ0) is 17.3. The van der Waals surface area contributed by atoms with E-state index in [0.29, 0.717) is 12.2 Å². The highest BCUT2D eigenvalue weighted by molar-refractivity contribution is 6.09. The summed E-state index contributed by atoms with van der Waals surface area (Å²) in [5.41, 5.74) is 3.31. The van der Waals surface area contributed by atoms with Gasteiger partial charge in [-0.2, -0.15) is 0 Å². The van der Waals surface area contributed by atoms with Crippen molar-refractivity contribution in [2.75, 3.05) is 6.61 Å². The third kappa shape index (κ3) is 2.49. The number of aryl methyl sites for hydroxylation is 1. The average Bonchev–Trinajstić information content (AvgIpc) is 3.32. The smallest absolute Gasteiger partial charge is 0.196 e. The SMILES string of the molecule is c1ccc2c(OCCCn3ccnc3)c3oc4ccccc4c3nc2c1. The van der Waals surface area contributed by atoms with Crippen molar-refractivity contribution in [2.45, 2.75) is 13.0 Å². The fourth-order valence-electron chi connectivity index (χ4n) is 3.29. The summed E-state index contributed by atoms with van der Waals surface area (Å²) >= 11 is 0. The molecule has 5 heteroatoms. The number of furan rings is 1. The van der Waals surface area contributed by atoms with E-state index in [1.54, 1.807) is 6.20 Å². The molecule has 0 radical (unpaired) electrons. The summed E-state index contributed by atoms with van der Waals surface area (Å²) < 4.78 is 14.3. The molecule has 0 atom stereocenters. The van der Waals surface area contributed by atoms with Crippen LogP contribution in [0.3, 0.4) is 0 Å². The molecule has 0 amide bonds. The predicted molar refractivity (Wildman–Crippen MR) is 101 cm³/mol. The first kappa shape index (κ1) is 15.0. The van der Waals surface area contributed by atoms with Crippen molar-refractivity contribution in [2.24, 2.45) is 0 Å². The van der Waals surface area contributed by atoms with Gasteiger partial charge in [0, 0.05) is 29.7 Å². The zero-order valence-electron chi connectivity index (χ0n) is 14.1. The summed E-state index contributed by atoms with van der Waals surface area (Å²) in [7, 11) is 0. The molecule has 0 saturated heterocycles. The standard InChI is InChI=1S/C21H17N3O2/c1-3-8-17-15(6-1)20(25-13-5-11-24-12-10-22-14-24)21-19(23-17)16-7-2-4-9-18(16)26-21/h1-4,6-10,12,14H,5,11,13H2. The van der Waals surface area contributed by atoms with Crippen molar-refractivity contribution in [3.8, 4) is 5.75 Å². The van der Waals surface area contributed by atoms with Gasteiger partial charge in [0.1, 0.15) is 11.1 Å². The molecule has 26 heavy (non-hydrogen) atoms. The van der Waals surface area contributed by atoms with E-state index in [0.717, 1.165) is 46.1 Å². The summed E-state index contributed by atoms with van der Waals surface area (Å²) in [6.07, 6.45) is 6.45. The number of aromatic nitrogens is 3. The van der Waals surface area contributed by atoms with Gasteiger partial charge in [0.15, 0.2) is 11.3 Å². The highest BCUT2D eigenvalue weighted by atomic mass is 16.5. The Morgan fingerprint density at radius 2 is 1.85 bits per heavy atom. The largest absolute Gasteiger partial charge is 0.489 e. The van der Waals surface area contributed by atoms with Gasteiger partial charge in [-0.3, -0.25) is 0 Å². The monoisotopic (exact) mass is 343 g/mol. The van der Waals surface area contributed by atoms with Crippen molar-refractivity contribution >= 4 is 33.0 Å². The molecule has 3 aromatic heterocycles. The Kier molecular flexibility index (Phi) is 3.56. The molecule has 0 aliphatic carbocycles. The van der Waals surface area contributed by atoms with Crippen molar-refractivity contribution < 1.29 is 9.15 Å². The third-order valence-electron chi connectivity index (χ3n) is 4.52. The van der Waals surface area contributed by atoms with Crippen molar-refractivity contribution in [3.05, 3.63) is 67.3 Å². The van der Waals surface area contributed by atoms with Crippen LogP contribution in [-0.2, 0) is 6.54 Å². The molecule has 5 nitrogen and oxygen atoms in total. The highest BCUT2D eigenvalue weighted by Crippen LogP contribution is 2.38. The van der Waals surface area contributed by atoms with Gasteiger partial charge in [0.2, 0.25) is 0 Å². The van der Waals surface area contributed by atoms with Crippen LogP contribution < -0.4 is 4.74 Å². The Morgan fingerprint density at radius 3 is 2.73 bits per heavy atom. The summed E-state index contributed by atoms with van der Waals surface area (Å²) in [6.45, 7) is 1.46. The van der Waals surface area contributed by atoms with Gasteiger partial charge in [0.05, 0.1) is 18.5 Å². The summed E-state index contributed by atoms with van der Waals surface area (Å²) in [6, 6.07) is 16.0. The van der Waals surface area contributed by atoms with Gasteiger partial charge in [-0.15, -0.1) is 0 Å². The van der Waals surface area contributed by atoms with E-state index in [2.05, 4.69) is 4.98 Å². The number of imidazole rings is 1. The maximum atomic E-state index is 6.19. The van der Waals surface area contributed by atoms with E-state index in [-0.39, 0.29) is 0 Å². The second-order valence-corrected chi connectivity index (χ2v) is 6.24. The Bertz CT molecular complexity index is 1190. The van der Waals surface area contributed by atoms with E-state index < -0.39 is 0 Å².